The molecule has 0 spiro atoms. The van der Waals surface area contributed by atoms with Gasteiger partial charge in [0.1, 0.15) is 5.82 Å². The molecule has 0 unspecified atom stereocenters. The second-order valence-electron chi connectivity index (χ2n) is 4.81. The van der Waals surface area contributed by atoms with E-state index in [4.69, 9.17) is 0 Å². The van der Waals surface area contributed by atoms with Gasteiger partial charge in [-0.05, 0) is 25.0 Å². The third-order valence-corrected chi connectivity index (χ3v) is 3.45. The molecule has 3 aromatic rings. The summed E-state index contributed by atoms with van der Waals surface area (Å²) in [5.74, 6) is -0.236. The third kappa shape index (κ3) is 2.05. The van der Waals surface area contributed by atoms with E-state index in [0.717, 1.165) is 34.3 Å². The van der Waals surface area contributed by atoms with Crippen molar-refractivity contribution in [3.8, 4) is 11.1 Å². The average molecular weight is 266 g/mol. The highest BCUT2D eigenvalue weighted by molar-refractivity contribution is 5.93. The van der Waals surface area contributed by atoms with Crippen LogP contribution in [0.5, 0.6) is 0 Å². The lowest BCUT2D eigenvalue weighted by Gasteiger charge is -2.10. The van der Waals surface area contributed by atoms with Crippen molar-refractivity contribution in [3.63, 3.8) is 0 Å². The van der Waals surface area contributed by atoms with Crippen molar-refractivity contribution in [2.24, 2.45) is 0 Å². The summed E-state index contributed by atoms with van der Waals surface area (Å²) in [7, 11) is 0. The number of halogens is 1. The van der Waals surface area contributed by atoms with Crippen LogP contribution in [0.2, 0.25) is 0 Å². The largest absolute Gasteiger partial charge is 0.252 e. The Labute approximate surface area is 117 Å². The van der Waals surface area contributed by atoms with Gasteiger partial charge in [0.05, 0.1) is 16.7 Å². The fourth-order valence-corrected chi connectivity index (χ4v) is 2.42. The zero-order chi connectivity index (χ0) is 14.1. The lowest BCUT2D eigenvalue weighted by molar-refractivity contribution is 0.631. The maximum Gasteiger partial charge on any atom is 0.131 e. The fraction of sp³-hybridized carbons (Fsp3) is 0.176. The molecule has 1 aromatic heterocycles. The molecule has 0 saturated heterocycles. The molecule has 0 N–H and O–H groups in total. The van der Waals surface area contributed by atoms with Crippen LogP contribution in [0.25, 0.3) is 22.2 Å². The highest BCUT2D eigenvalue weighted by Gasteiger charge is 2.12. The number of aromatic nitrogens is 2. The van der Waals surface area contributed by atoms with Crippen LogP contribution in [0.1, 0.15) is 18.2 Å². The predicted octanol–water partition coefficient (Wildman–Crippen LogP) is 4.31. The van der Waals surface area contributed by atoms with E-state index in [0.29, 0.717) is 5.56 Å². The molecule has 0 aliphatic heterocycles. The Balaban J connectivity index is 2.36. The van der Waals surface area contributed by atoms with Gasteiger partial charge in [-0.25, -0.2) is 9.37 Å². The molecule has 0 atom stereocenters. The first kappa shape index (κ1) is 12.7. The smallest absolute Gasteiger partial charge is 0.131 e. The van der Waals surface area contributed by atoms with Gasteiger partial charge in [0.25, 0.3) is 0 Å². The molecule has 0 radical (unpaired) electrons. The number of nitrogens with zero attached hydrogens (tertiary/aromatic N) is 2. The average Bonchev–Trinajstić information content (AvgIpc) is 2.46. The van der Waals surface area contributed by atoms with Gasteiger partial charge in [0.15, 0.2) is 0 Å². The highest BCUT2D eigenvalue weighted by Crippen LogP contribution is 2.30. The van der Waals surface area contributed by atoms with Gasteiger partial charge >= 0.3 is 0 Å². The highest BCUT2D eigenvalue weighted by atomic mass is 19.1. The van der Waals surface area contributed by atoms with Crippen LogP contribution in [-0.4, -0.2) is 9.97 Å². The lowest BCUT2D eigenvalue weighted by Crippen LogP contribution is -1.96. The van der Waals surface area contributed by atoms with Gasteiger partial charge in [0, 0.05) is 17.3 Å². The van der Waals surface area contributed by atoms with Gasteiger partial charge < -0.3 is 0 Å². The van der Waals surface area contributed by atoms with E-state index in [1.165, 1.54) is 6.07 Å². The number of aryl methyl sites for hydroxylation is 2. The van der Waals surface area contributed by atoms with Crippen molar-refractivity contribution in [2.45, 2.75) is 20.3 Å². The van der Waals surface area contributed by atoms with Crippen LogP contribution in [-0.2, 0) is 6.42 Å². The van der Waals surface area contributed by atoms with E-state index in [2.05, 4.69) is 16.9 Å². The van der Waals surface area contributed by atoms with E-state index in [9.17, 15) is 4.39 Å². The Morgan fingerprint density at radius 3 is 2.55 bits per heavy atom. The van der Waals surface area contributed by atoms with E-state index in [-0.39, 0.29) is 5.82 Å². The molecule has 3 heteroatoms. The maximum absolute atomic E-state index is 14.0. The van der Waals surface area contributed by atoms with Gasteiger partial charge in [0.2, 0.25) is 0 Å². The van der Waals surface area contributed by atoms with Gasteiger partial charge in [-0.1, -0.05) is 37.3 Å². The molecule has 0 amide bonds. The summed E-state index contributed by atoms with van der Waals surface area (Å²) in [4.78, 5) is 9.05. The topological polar surface area (TPSA) is 25.8 Å². The Hall–Kier alpha value is -2.29. The van der Waals surface area contributed by atoms with Crippen molar-refractivity contribution < 1.29 is 4.39 Å². The minimum absolute atomic E-state index is 0.236. The zero-order valence-electron chi connectivity index (χ0n) is 11.5. The number of fused-ring (bicyclic) bond motifs is 1. The normalized spacial score (nSPS) is 10.9. The Kier molecular flexibility index (Phi) is 3.18. The van der Waals surface area contributed by atoms with Crippen molar-refractivity contribution in [3.05, 3.63) is 59.7 Å². The molecular formula is C17H15FN2. The van der Waals surface area contributed by atoms with Crippen LogP contribution in [0.4, 0.5) is 4.39 Å². The lowest BCUT2D eigenvalue weighted by atomic mass is 9.99. The molecule has 2 aromatic carbocycles. The van der Waals surface area contributed by atoms with Crippen LogP contribution in [0, 0.1) is 12.7 Å². The predicted molar refractivity (Wildman–Crippen MR) is 79.0 cm³/mol. The Morgan fingerprint density at radius 1 is 1.00 bits per heavy atom. The first-order valence-electron chi connectivity index (χ1n) is 6.71. The molecule has 0 aliphatic rings. The summed E-state index contributed by atoms with van der Waals surface area (Å²) in [6.07, 6.45) is 2.61. The summed E-state index contributed by atoms with van der Waals surface area (Å²) in [5.41, 5.74) is 5.00. The first-order chi connectivity index (χ1) is 9.70. The Morgan fingerprint density at radius 2 is 1.80 bits per heavy atom. The quantitative estimate of drug-likeness (QED) is 0.691. The summed E-state index contributed by atoms with van der Waals surface area (Å²) in [6, 6.07) is 10.7. The molecule has 100 valence electrons. The Bertz CT molecular complexity index is 781. The molecule has 20 heavy (non-hydrogen) atoms. The maximum atomic E-state index is 14.0. The van der Waals surface area contributed by atoms with Gasteiger partial charge in [-0.3, -0.25) is 4.98 Å². The second kappa shape index (κ2) is 5.00. The van der Waals surface area contributed by atoms with Gasteiger partial charge in [-0.15, -0.1) is 0 Å². The summed E-state index contributed by atoms with van der Waals surface area (Å²) >= 11 is 0. The molecule has 0 bridgehead atoms. The van der Waals surface area contributed by atoms with Crippen molar-refractivity contribution in [1.29, 1.82) is 0 Å². The van der Waals surface area contributed by atoms with Crippen molar-refractivity contribution in [1.82, 2.24) is 9.97 Å². The van der Waals surface area contributed by atoms with Crippen LogP contribution in [0.15, 0.2) is 42.6 Å². The molecule has 1 heterocycles. The minimum Gasteiger partial charge on any atom is -0.252 e. The molecule has 0 aliphatic carbocycles. The van der Waals surface area contributed by atoms with Crippen LogP contribution in [0.3, 0.4) is 0 Å². The first-order valence-corrected chi connectivity index (χ1v) is 6.71. The third-order valence-electron chi connectivity index (χ3n) is 3.45. The van der Waals surface area contributed by atoms with E-state index < -0.39 is 0 Å². The monoisotopic (exact) mass is 266 g/mol. The SMILES string of the molecule is CCc1ccc(-c2ccccc2F)c2ncc(C)nc12. The van der Waals surface area contributed by atoms with E-state index in [1.807, 2.05) is 25.1 Å². The molecular weight excluding hydrogens is 251 g/mol. The van der Waals surface area contributed by atoms with Crippen LogP contribution >= 0.6 is 0 Å². The minimum atomic E-state index is -0.236. The summed E-state index contributed by atoms with van der Waals surface area (Å²) in [6.45, 7) is 4.00. The zero-order valence-corrected chi connectivity index (χ0v) is 11.5. The number of benzene rings is 2. The molecule has 3 rings (SSSR count). The summed E-state index contributed by atoms with van der Waals surface area (Å²) in [5, 5.41) is 0. The number of rotatable bonds is 2. The van der Waals surface area contributed by atoms with Crippen LogP contribution < -0.4 is 0 Å². The van der Waals surface area contributed by atoms with Crippen molar-refractivity contribution >= 4 is 11.0 Å². The molecule has 0 fully saturated rings. The molecule has 0 saturated carbocycles. The summed E-state index contributed by atoms with van der Waals surface area (Å²) < 4.78 is 14.0. The van der Waals surface area contributed by atoms with E-state index >= 15 is 0 Å². The van der Waals surface area contributed by atoms with Gasteiger partial charge in [-0.2, -0.15) is 0 Å². The van der Waals surface area contributed by atoms with Crippen molar-refractivity contribution in [2.75, 3.05) is 0 Å². The fourth-order valence-electron chi connectivity index (χ4n) is 2.42. The standard InChI is InChI=1S/C17H15FN2/c1-3-12-8-9-14(13-6-4-5-7-15(13)18)17-16(12)20-11(2)10-19-17/h4-10H,3H2,1-2H3. The molecule has 2 nitrogen and oxygen atoms in total. The second-order valence-corrected chi connectivity index (χ2v) is 4.81. The number of hydrogen-bond donors (Lipinski definition) is 0. The van der Waals surface area contributed by atoms with E-state index in [1.54, 1.807) is 18.3 Å². The number of hydrogen-bond acceptors (Lipinski definition) is 2.